The van der Waals surface area contributed by atoms with E-state index in [4.69, 9.17) is 5.73 Å². The van der Waals surface area contributed by atoms with Crippen LogP contribution in [0.5, 0.6) is 5.75 Å². The lowest BCUT2D eigenvalue weighted by Gasteiger charge is -2.11. The molecule has 0 unspecified atom stereocenters. The van der Waals surface area contributed by atoms with E-state index in [0.717, 1.165) is 5.56 Å². The van der Waals surface area contributed by atoms with E-state index in [-0.39, 0.29) is 11.8 Å². The quantitative estimate of drug-likeness (QED) is 0.674. The summed E-state index contributed by atoms with van der Waals surface area (Å²) in [6, 6.07) is 2.49. The second kappa shape index (κ2) is 3.11. The van der Waals surface area contributed by atoms with E-state index < -0.39 is 5.82 Å². The minimum Gasteiger partial charge on any atom is -0.505 e. The Bertz CT molecular complexity index is 297. The third-order valence-electron chi connectivity index (χ3n) is 1.84. The zero-order valence-electron chi connectivity index (χ0n) is 7.13. The van der Waals surface area contributed by atoms with Crippen LogP contribution in [0.15, 0.2) is 12.1 Å². The van der Waals surface area contributed by atoms with Crippen LogP contribution in [0.1, 0.15) is 24.1 Å². The predicted octanol–water partition coefficient (Wildman–Crippen LogP) is 1.86. The van der Waals surface area contributed by atoms with Crippen LogP contribution in [0.2, 0.25) is 0 Å². The van der Waals surface area contributed by atoms with Gasteiger partial charge in [-0.2, -0.15) is 0 Å². The molecular formula is C9H12FNO. The number of halogens is 1. The molecule has 1 aromatic carbocycles. The van der Waals surface area contributed by atoms with Gasteiger partial charge in [-0.25, -0.2) is 4.39 Å². The van der Waals surface area contributed by atoms with Crippen LogP contribution >= 0.6 is 0 Å². The molecule has 0 aliphatic carbocycles. The average Bonchev–Trinajstić information content (AvgIpc) is 1.97. The molecule has 66 valence electrons. The second-order valence-electron chi connectivity index (χ2n) is 2.92. The van der Waals surface area contributed by atoms with Gasteiger partial charge in [-0.15, -0.1) is 0 Å². The first kappa shape index (κ1) is 9.00. The van der Waals surface area contributed by atoms with Gasteiger partial charge >= 0.3 is 0 Å². The van der Waals surface area contributed by atoms with Gasteiger partial charge in [0, 0.05) is 11.6 Å². The molecule has 0 saturated carbocycles. The minimum absolute atomic E-state index is 0.329. The highest BCUT2D eigenvalue weighted by Crippen LogP contribution is 2.28. The van der Waals surface area contributed by atoms with Crippen LogP contribution in [0.4, 0.5) is 4.39 Å². The Kier molecular flexibility index (Phi) is 2.33. The standard InChI is InChI=1S/C9H12FNO/c1-5-3-4-7(10)9(12)8(5)6(2)11/h3-4,6,12H,11H2,1-2H3/t6-/m1/s1. The lowest BCUT2D eigenvalue weighted by Crippen LogP contribution is -2.07. The monoisotopic (exact) mass is 169 g/mol. The summed E-state index contributed by atoms with van der Waals surface area (Å²) >= 11 is 0. The molecule has 2 nitrogen and oxygen atoms in total. The van der Waals surface area contributed by atoms with Crippen molar-refractivity contribution in [2.24, 2.45) is 5.73 Å². The number of aryl methyl sites for hydroxylation is 1. The molecule has 0 amide bonds. The van der Waals surface area contributed by atoms with Crippen LogP contribution in [0.3, 0.4) is 0 Å². The van der Waals surface area contributed by atoms with E-state index in [0.29, 0.717) is 5.56 Å². The Morgan fingerprint density at radius 1 is 1.50 bits per heavy atom. The average molecular weight is 169 g/mol. The highest BCUT2D eigenvalue weighted by Gasteiger charge is 2.12. The fourth-order valence-electron chi connectivity index (χ4n) is 1.26. The summed E-state index contributed by atoms with van der Waals surface area (Å²) in [5.41, 5.74) is 6.85. The van der Waals surface area contributed by atoms with Gasteiger partial charge in [-0.1, -0.05) is 6.07 Å². The molecule has 1 aromatic rings. The van der Waals surface area contributed by atoms with E-state index in [1.54, 1.807) is 19.9 Å². The van der Waals surface area contributed by atoms with Crippen molar-refractivity contribution in [1.82, 2.24) is 0 Å². The van der Waals surface area contributed by atoms with Crippen molar-refractivity contribution in [2.45, 2.75) is 19.9 Å². The van der Waals surface area contributed by atoms with Crippen LogP contribution < -0.4 is 5.73 Å². The predicted molar refractivity (Wildman–Crippen MR) is 45.4 cm³/mol. The number of phenols is 1. The molecule has 0 fully saturated rings. The van der Waals surface area contributed by atoms with Crippen LogP contribution in [0.25, 0.3) is 0 Å². The molecule has 3 N–H and O–H groups in total. The van der Waals surface area contributed by atoms with E-state index in [1.165, 1.54) is 6.07 Å². The number of aromatic hydroxyl groups is 1. The van der Waals surface area contributed by atoms with Crippen molar-refractivity contribution in [2.75, 3.05) is 0 Å². The summed E-state index contributed by atoms with van der Waals surface area (Å²) in [6.07, 6.45) is 0. The van der Waals surface area contributed by atoms with Crippen molar-refractivity contribution >= 4 is 0 Å². The Hall–Kier alpha value is -1.09. The minimum atomic E-state index is -0.618. The molecule has 0 radical (unpaired) electrons. The molecule has 0 saturated heterocycles. The lowest BCUT2D eigenvalue weighted by atomic mass is 10.0. The number of phenolic OH excluding ortho intramolecular Hbond substituents is 1. The summed E-state index contributed by atoms with van der Waals surface area (Å²) in [5.74, 6) is -0.946. The number of rotatable bonds is 1. The molecule has 0 heterocycles. The molecular weight excluding hydrogens is 157 g/mol. The SMILES string of the molecule is Cc1ccc(F)c(O)c1[C@@H](C)N. The van der Waals surface area contributed by atoms with Crippen molar-refractivity contribution in [3.05, 3.63) is 29.1 Å². The third kappa shape index (κ3) is 1.41. The van der Waals surface area contributed by atoms with E-state index in [2.05, 4.69) is 0 Å². The van der Waals surface area contributed by atoms with Gasteiger partial charge in [-0.3, -0.25) is 0 Å². The maximum Gasteiger partial charge on any atom is 0.165 e. The van der Waals surface area contributed by atoms with Crippen LogP contribution in [-0.2, 0) is 0 Å². The highest BCUT2D eigenvalue weighted by molar-refractivity contribution is 5.41. The fraction of sp³-hybridized carbons (Fsp3) is 0.333. The van der Waals surface area contributed by atoms with Gasteiger partial charge in [0.1, 0.15) is 0 Å². The maximum absolute atomic E-state index is 12.8. The molecule has 0 spiro atoms. The van der Waals surface area contributed by atoms with Gasteiger partial charge < -0.3 is 10.8 Å². The molecule has 0 aromatic heterocycles. The Morgan fingerprint density at radius 2 is 2.08 bits per heavy atom. The van der Waals surface area contributed by atoms with Crippen molar-refractivity contribution in [1.29, 1.82) is 0 Å². The number of benzene rings is 1. The van der Waals surface area contributed by atoms with Gasteiger partial charge in [0.05, 0.1) is 0 Å². The molecule has 3 heteroatoms. The second-order valence-corrected chi connectivity index (χ2v) is 2.92. The Morgan fingerprint density at radius 3 is 2.50 bits per heavy atom. The van der Waals surface area contributed by atoms with Gasteiger partial charge in [0.2, 0.25) is 0 Å². The summed E-state index contributed by atoms with van der Waals surface area (Å²) in [7, 11) is 0. The van der Waals surface area contributed by atoms with E-state index >= 15 is 0 Å². The zero-order chi connectivity index (χ0) is 9.30. The fourth-order valence-corrected chi connectivity index (χ4v) is 1.26. The first-order chi connectivity index (χ1) is 5.54. The van der Waals surface area contributed by atoms with Crippen molar-refractivity contribution in [3.63, 3.8) is 0 Å². The summed E-state index contributed by atoms with van der Waals surface area (Å²) < 4.78 is 12.8. The highest BCUT2D eigenvalue weighted by atomic mass is 19.1. The van der Waals surface area contributed by atoms with Gasteiger partial charge in [0.25, 0.3) is 0 Å². The smallest absolute Gasteiger partial charge is 0.165 e. The lowest BCUT2D eigenvalue weighted by molar-refractivity contribution is 0.421. The summed E-state index contributed by atoms with van der Waals surface area (Å²) in [4.78, 5) is 0. The molecule has 1 atom stereocenters. The van der Waals surface area contributed by atoms with Crippen LogP contribution in [0, 0.1) is 12.7 Å². The first-order valence-corrected chi connectivity index (χ1v) is 3.77. The Balaban J connectivity index is 3.33. The molecule has 0 bridgehead atoms. The molecule has 0 aliphatic heterocycles. The summed E-state index contributed by atoms with van der Waals surface area (Å²) in [5, 5.41) is 9.29. The van der Waals surface area contributed by atoms with E-state index in [9.17, 15) is 9.50 Å². The molecule has 12 heavy (non-hydrogen) atoms. The zero-order valence-corrected chi connectivity index (χ0v) is 7.13. The normalized spacial score (nSPS) is 13.0. The molecule has 0 aliphatic rings. The number of nitrogens with two attached hydrogens (primary N) is 1. The Labute approximate surface area is 70.8 Å². The summed E-state index contributed by atoms with van der Waals surface area (Å²) in [6.45, 7) is 3.50. The van der Waals surface area contributed by atoms with Gasteiger partial charge in [0.15, 0.2) is 11.6 Å². The molecule has 1 rings (SSSR count). The van der Waals surface area contributed by atoms with Gasteiger partial charge in [-0.05, 0) is 25.5 Å². The maximum atomic E-state index is 12.8. The number of hydrogen-bond acceptors (Lipinski definition) is 2. The third-order valence-corrected chi connectivity index (χ3v) is 1.84. The topological polar surface area (TPSA) is 46.2 Å². The van der Waals surface area contributed by atoms with E-state index in [1.807, 2.05) is 0 Å². The van der Waals surface area contributed by atoms with Crippen LogP contribution in [-0.4, -0.2) is 5.11 Å². The number of hydrogen-bond donors (Lipinski definition) is 2. The largest absolute Gasteiger partial charge is 0.505 e. The van der Waals surface area contributed by atoms with Crippen molar-refractivity contribution < 1.29 is 9.50 Å². The van der Waals surface area contributed by atoms with Crippen molar-refractivity contribution in [3.8, 4) is 5.75 Å². The first-order valence-electron chi connectivity index (χ1n) is 3.77.